The van der Waals surface area contributed by atoms with Crippen molar-refractivity contribution < 1.29 is 4.79 Å². The van der Waals surface area contributed by atoms with Crippen LogP contribution in [0.3, 0.4) is 0 Å². The van der Waals surface area contributed by atoms with Crippen molar-refractivity contribution in [2.75, 3.05) is 26.2 Å². The zero-order valence-electron chi connectivity index (χ0n) is 15.9. The first-order valence-corrected chi connectivity index (χ1v) is 9.32. The third kappa shape index (κ3) is 5.53. The van der Waals surface area contributed by atoms with E-state index in [1.165, 1.54) is 0 Å². The number of aromatic nitrogens is 3. The highest BCUT2D eigenvalue weighted by molar-refractivity contribution is 14.0. The maximum Gasteiger partial charge on any atom is 0.222 e. The van der Waals surface area contributed by atoms with Crippen LogP contribution < -0.4 is 10.6 Å². The number of pyridine rings is 1. The highest BCUT2D eigenvalue weighted by atomic mass is 127. The zero-order chi connectivity index (χ0) is 18.4. The summed E-state index contributed by atoms with van der Waals surface area (Å²) in [7, 11) is 0. The van der Waals surface area contributed by atoms with Gasteiger partial charge in [-0.25, -0.2) is 0 Å². The van der Waals surface area contributed by atoms with Gasteiger partial charge in [-0.15, -0.1) is 34.2 Å². The number of guanidine groups is 1. The summed E-state index contributed by atoms with van der Waals surface area (Å²) < 4.78 is 1.99. The minimum Gasteiger partial charge on any atom is -0.357 e. The molecule has 148 valence electrons. The van der Waals surface area contributed by atoms with Gasteiger partial charge in [0, 0.05) is 51.3 Å². The minimum absolute atomic E-state index is 0. The standard InChI is InChI=1S/C18H27N7O.HI/c1-3-17(26)24-12-9-14(13-24)21-18(19-4-2)20-10-8-16-23-22-15-7-5-6-11-25(15)16;/h5-7,11,14H,3-4,8-10,12-13H2,1-2H3,(H2,19,20,21);1H. The van der Waals surface area contributed by atoms with Gasteiger partial charge in [-0.1, -0.05) is 13.0 Å². The van der Waals surface area contributed by atoms with E-state index in [-0.39, 0.29) is 35.9 Å². The van der Waals surface area contributed by atoms with Gasteiger partial charge in [0.05, 0.1) is 0 Å². The lowest BCUT2D eigenvalue weighted by atomic mass is 10.3. The lowest BCUT2D eigenvalue weighted by Crippen LogP contribution is -2.45. The van der Waals surface area contributed by atoms with E-state index in [2.05, 4.69) is 25.8 Å². The molecule has 2 aromatic rings. The number of nitrogens with zero attached hydrogens (tertiary/aromatic N) is 5. The molecule has 1 saturated heterocycles. The molecule has 8 nitrogen and oxygen atoms in total. The number of aliphatic imine (C=N–C) groups is 1. The Bertz CT molecular complexity index is 776. The Hall–Kier alpha value is -1.91. The third-order valence-corrected chi connectivity index (χ3v) is 4.52. The van der Waals surface area contributed by atoms with Crippen LogP contribution in [-0.4, -0.2) is 63.6 Å². The fourth-order valence-corrected chi connectivity index (χ4v) is 3.17. The Morgan fingerprint density at radius 1 is 1.33 bits per heavy atom. The second-order valence-corrected chi connectivity index (χ2v) is 6.38. The topological polar surface area (TPSA) is 86.9 Å². The summed E-state index contributed by atoms with van der Waals surface area (Å²) in [6.07, 6.45) is 4.20. The fraction of sp³-hybridized carbons (Fsp3) is 0.556. The fourth-order valence-electron chi connectivity index (χ4n) is 3.17. The van der Waals surface area contributed by atoms with E-state index >= 15 is 0 Å². The molecule has 3 rings (SSSR count). The zero-order valence-corrected chi connectivity index (χ0v) is 18.2. The highest BCUT2D eigenvalue weighted by Crippen LogP contribution is 2.10. The molecule has 0 aliphatic carbocycles. The molecule has 0 radical (unpaired) electrons. The van der Waals surface area contributed by atoms with Crippen molar-refractivity contribution in [2.24, 2.45) is 4.99 Å². The monoisotopic (exact) mass is 485 g/mol. The van der Waals surface area contributed by atoms with Crippen molar-refractivity contribution in [2.45, 2.75) is 39.2 Å². The van der Waals surface area contributed by atoms with Crippen molar-refractivity contribution in [3.63, 3.8) is 0 Å². The molecule has 1 aliphatic rings. The molecule has 1 fully saturated rings. The SMILES string of the molecule is CCNC(=NCCc1nnc2ccccn12)NC1CCN(C(=O)CC)C1.I. The van der Waals surface area contributed by atoms with E-state index in [0.29, 0.717) is 19.4 Å². The summed E-state index contributed by atoms with van der Waals surface area (Å²) in [6, 6.07) is 6.11. The molecule has 3 heterocycles. The second-order valence-electron chi connectivity index (χ2n) is 6.38. The lowest BCUT2D eigenvalue weighted by Gasteiger charge is -2.18. The van der Waals surface area contributed by atoms with Crippen LogP contribution in [-0.2, 0) is 11.2 Å². The summed E-state index contributed by atoms with van der Waals surface area (Å²) in [5.74, 6) is 1.91. The number of nitrogens with one attached hydrogen (secondary N) is 2. The molecule has 9 heteroatoms. The molecule has 1 aliphatic heterocycles. The van der Waals surface area contributed by atoms with E-state index in [1.807, 2.05) is 47.5 Å². The number of halogens is 1. The molecule has 27 heavy (non-hydrogen) atoms. The maximum absolute atomic E-state index is 11.8. The van der Waals surface area contributed by atoms with Crippen molar-refractivity contribution in [3.05, 3.63) is 30.2 Å². The van der Waals surface area contributed by atoms with Gasteiger partial charge >= 0.3 is 0 Å². The average Bonchev–Trinajstić information content (AvgIpc) is 3.29. The van der Waals surface area contributed by atoms with Gasteiger partial charge in [-0.3, -0.25) is 14.2 Å². The molecular weight excluding hydrogens is 457 g/mol. The van der Waals surface area contributed by atoms with Gasteiger partial charge in [-0.05, 0) is 25.5 Å². The predicted molar refractivity (Wildman–Crippen MR) is 116 cm³/mol. The first-order chi connectivity index (χ1) is 12.7. The number of hydrogen-bond acceptors (Lipinski definition) is 4. The van der Waals surface area contributed by atoms with Crippen LogP contribution in [0.4, 0.5) is 0 Å². The van der Waals surface area contributed by atoms with Crippen LogP contribution in [0.5, 0.6) is 0 Å². The summed E-state index contributed by atoms with van der Waals surface area (Å²) in [6.45, 7) is 6.92. The smallest absolute Gasteiger partial charge is 0.222 e. The van der Waals surface area contributed by atoms with E-state index < -0.39 is 0 Å². The lowest BCUT2D eigenvalue weighted by molar-refractivity contribution is -0.129. The predicted octanol–water partition coefficient (Wildman–Crippen LogP) is 1.46. The normalized spacial score (nSPS) is 17.0. The number of carbonyl (C=O) groups is 1. The Morgan fingerprint density at radius 3 is 2.96 bits per heavy atom. The van der Waals surface area contributed by atoms with Crippen LogP contribution in [0.1, 0.15) is 32.5 Å². The highest BCUT2D eigenvalue weighted by Gasteiger charge is 2.25. The van der Waals surface area contributed by atoms with E-state index in [1.54, 1.807) is 0 Å². The molecule has 0 bridgehead atoms. The van der Waals surface area contributed by atoms with Crippen molar-refractivity contribution >= 4 is 41.5 Å². The molecule has 1 unspecified atom stereocenters. The number of carbonyl (C=O) groups excluding carboxylic acids is 1. The molecule has 0 saturated carbocycles. The summed E-state index contributed by atoms with van der Waals surface area (Å²) in [5.41, 5.74) is 0.850. The molecule has 2 aromatic heterocycles. The Kier molecular flexibility index (Phi) is 8.26. The molecule has 1 amide bonds. The molecular formula is C18H28IN7O. The third-order valence-electron chi connectivity index (χ3n) is 4.52. The van der Waals surface area contributed by atoms with Crippen molar-refractivity contribution in [1.29, 1.82) is 0 Å². The van der Waals surface area contributed by atoms with Crippen LogP contribution in [0.25, 0.3) is 5.65 Å². The minimum atomic E-state index is 0. The van der Waals surface area contributed by atoms with Gasteiger partial charge in [0.25, 0.3) is 0 Å². The summed E-state index contributed by atoms with van der Waals surface area (Å²) >= 11 is 0. The largest absolute Gasteiger partial charge is 0.357 e. The number of likely N-dealkylation sites (tertiary alicyclic amines) is 1. The maximum atomic E-state index is 11.8. The van der Waals surface area contributed by atoms with Crippen molar-refractivity contribution in [3.8, 4) is 0 Å². The van der Waals surface area contributed by atoms with E-state index in [0.717, 1.165) is 43.5 Å². The number of fused-ring (bicyclic) bond motifs is 1. The number of hydrogen-bond donors (Lipinski definition) is 2. The molecule has 1 atom stereocenters. The van der Waals surface area contributed by atoms with Crippen molar-refractivity contribution in [1.82, 2.24) is 30.1 Å². The summed E-state index contributed by atoms with van der Waals surface area (Å²) in [4.78, 5) is 18.4. The summed E-state index contributed by atoms with van der Waals surface area (Å²) in [5, 5.41) is 15.1. The van der Waals surface area contributed by atoms with Gasteiger partial charge < -0.3 is 15.5 Å². The van der Waals surface area contributed by atoms with Gasteiger partial charge in [-0.2, -0.15) is 0 Å². The average molecular weight is 485 g/mol. The Labute approximate surface area is 176 Å². The number of amides is 1. The second kappa shape index (κ2) is 10.4. The van der Waals surface area contributed by atoms with E-state index in [9.17, 15) is 4.79 Å². The van der Waals surface area contributed by atoms with Gasteiger partial charge in [0.2, 0.25) is 5.91 Å². The van der Waals surface area contributed by atoms with Crippen LogP contribution in [0.15, 0.2) is 29.4 Å². The quantitative estimate of drug-likeness (QED) is 0.368. The molecule has 0 aromatic carbocycles. The molecule has 2 N–H and O–H groups in total. The molecule has 0 spiro atoms. The first-order valence-electron chi connectivity index (χ1n) is 9.32. The van der Waals surface area contributed by atoms with E-state index in [4.69, 9.17) is 0 Å². The number of rotatable bonds is 6. The van der Waals surface area contributed by atoms with Gasteiger partial charge in [0.1, 0.15) is 5.82 Å². The van der Waals surface area contributed by atoms with Crippen LogP contribution in [0.2, 0.25) is 0 Å². The van der Waals surface area contributed by atoms with Crippen LogP contribution >= 0.6 is 24.0 Å². The Balaban J connectivity index is 0.00000261. The van der Waals surface area contributed by atoms with Gasteiger partial charge in [0.15, 0.2) is 11.6 Å². The Morgan fingerprint density at radius 2 is 2.19 bits per heavy atom. The van der Waals surface area contributed by atoms with Crippen LogP contribution in [0, 0.1) is 0 Å². The first kappa shape index (κ1) is 21.4.